The summed E-state index contributed by atoms with van der Waals surface area (Å²) < 4.78 is 7.72. The number of rotatable bonds is 8. The Hall–Kier alpha value is -0.910. The maximum absolute atomic E-state index is 5.71. The first kappa shape index (κ1) is 16.5. The van der Waals surface area contributed by atoms with E-state index in [1.807, 2.05) is 0 Å². The summed E-state index contributed by atoms with van der Waals surface area (Å²) in [6, 6.07) is 2.83. The van der Waals surface area contributed by atoms with Crippen LogP contribution in [0.5, 0.6) is 0 Å². The SMILES string of the molecule is CCCC(OC)C(Cc1ccn(C2CCCCC2)n1)NN. The zero-order valence-corrected chi connectivity index (χ0v) is 13.4. The molecule has 1 saturated carbocycles. The molecule has 5 heteroatoms. The lowest BCUT2D eigenvalue weighted by atomic mass is 9.96. The highest BCUT2D eigenvalue weighted by atomic mass is 16.5. The molecule has 0 bridgehead atoms. The molecule has 120 valence electrons. The molecule has 1 fully saturated rings. The van der Waals surface area contributed by atoms with Gasteiger partial charge in [-0.3, -0.25) is 16.0 Å². The van der Waals surface area contributed by atoms with Crippen LogP contribution in [0.4, 0.5) is 0 Å². The molecule has 2 unspecified atom stereocenters. The number of hydrazine groups is 1. The number of methoxy groups -OCH3 is 1. The summed E-state index contributed by atoms with van der Waals surface area (Å²) in [5.74, 6) is 5.71. The van der Waals surface area contributed by atoms with Crippen LogP contribution in [0.1, 0.15) is 63.6 Å². The van der Waals surface area contributed by atoms with E-state index in [1.54, 1.807) is 7.11 Å². The van der Waals surface area contributed by atoms with Gasteiger partial charge >= 0.3 is 0 Å². The summed E-state index contributed by atoms with van der Waals surface area (Å²) in [4.78, 5) is 0. The predicted molar refractivity (Wildman–Crippen MR) is 84.9 cm³/mol. The van der Waals surface area contributed by atoms with E-state index in [9.17, 15) is 0 Å². The molecule has 3 N–H and O–H groups in total. The number of ether oxygens (including phenoxy) is 1. The average Bonchev–Trinajstić information content (AvgIpc) is 3.00. The monoisotopic (exact) mass is 294 g/mol. The smallest absolute Gasteiger partial charge is 0.0741 e. The Morgan fingerprint density at radius 2 is 2.19 bits per heavy atom. The van der Waals surface area contributed by atoms with Gasteiger partial charge in [0, 0.05) is 19.7 Å². The Morgan fingerprint density at radius 1 is 1.43 bits per heavy atom. The van der Waals surface area contributed by atoms with Crippen molar-refractivity contribution in [1.29, 1.82) is 0 Å². The van der Waals surface area contributed by atoms with Gasteiger partial charge in [-0.2, -0.15) is 5.10 Å². The van der Waals surface area contributed by atoms with Gasteiger partial charge in [0.15, 0.2) is 0 Å². The molecule has 2 atom stereocenters. The minimum absolute atomic E-state index is 0.115. The lowest BCUT2D eigenvalue weighted by molar-refractivity contribution is 0.0605. The molecule has 5 nitrogen and oxygen atoms in total. The van der Waals surface area contributed by atoms with Crippen molar-refractivity contribution in [2.75, 3.05) is 7.11 Å². The molecule has 21 heavy (non-hydrogen) atoms. The third-order valence-electron chi connectivity index (χ3n) is 4.58. The third-order valence-corrected chi connectivity index (χ3v) is 4.58. The highest BCUT2D eigenvalue weighted by molar-refractivity contribution is 5.03. The number of hydrogen-bond donors (Lipinski definition) is 2. The van der Waals surface area contributed by atoms with E-state index >= 15 is 0 Å². The molecule has 0 radical (unpaired) electrons. The van der Waals surface area contributed by atoms with Crippen LogP contribution < -0.4 is 11.3 Å². The van der Waals surface area contributed by atoms with Crippen LogP contribution in [0.15, 0.2) is 12.3 Å². The second kappa shape index (κ2) is 8.51. The van der Waals surface area contributed by atoms with Crippen molar-refractivity contribution in [3.8, 4) is 0 Å². The first-order chi connectivity index (χ1) is 10.3. The molecule has 1 aromatic heterocycles. The quantitative estimate of drug-likeness (QED) is 0.571. The van der Waals surface area contributed by atoms with Crippen molar-refractivity contribution in [1.82, 2.24) is 15.2 Å². The van der Waals surface area contributed by atoms with Crippen LogP contribution in [-0.4, -0.2) is 29.0 Å². The minimum atomic E-state index is 0.115. The molecule has 1 heterocycles. The van der Waals surface area contributed by atoms with Crippen LogP contribution >= 0.6 is 0 Å². The fourth-order valence-electron chi connectivity index (χ4n) is 3.33. The number of nitrogens with one attached hydrogen (secondary N) is 1. The van der Waals surface area contributed by atoms with Crippen LogP contribution in [0.3, 0.4) is 0 Å². The molecule has 2 rings (SSSR count). The molecular weight excluding hydrogens is 264 g/mol. The fourth-order valence-corrected chi connectivity index (χ4v) is 3.33. The molecule has 1 aliphatic rings. The van der Waals surface area contributed by atoms with Gasteiger partial charge < -0.3 is 4.74 Å². The molecule has 0 amide bonds. The summed E-state index contributed by atoms with van der Waals surface area (Å²) in [5, 5.41) is 4.76. The predicted octanol–water partition coefficient (Wildman–Crippen LogP) is 2.58. The second-order valence-corrected chi connectivity index (χ2v) is 6.12. The number of nitrogens with two attached hydrogens (primary N) is 1. The summed E-state index contributed by atoms with van der Waals surface area (Å²) in [6.07, 6.45) is 11.7. The van der Waals surface area contributed by atoms with Gasteiger partial charge in [0.25, 0.3) is 0 Å². The van der Waals surface area contributed by atoms with Crippen molar-refractivity contribution in [2.24, 2.45) is 5.84 Å². The molecule has 0 aromatic carbocycles. The van der Waals surface area contributed by atoms with Crippen molar-refractivity contribution in [3.63, 3.8) is 0 Å². The average molecular weight is 294 g/mol. The van der Waals surface area contributed by atoms with Crippen molar-refractivity contribution in [3.05, 3.63) is 18.0 Å². The van der Waals surface area contributed by atoms with Gasteiger partial charge in [0.05, 0.1) is 23.9 Å². The fraction of sp³-hybridized carbons (Fsp3) is 0.812. The van der Waals surface area contributed by atoms with Crippen molar-refractivity contribution in [2.45, 2.75) is 76.5 Å². The molecule has 0 saturated heterocycles. The number of aromatic nitrogens is 2. The Bertz CT molecular complexity index is 401. The first-order valence-corrected chi connectivity index (χ1v) is 8.31. The highest BCUT2D eigenvalue weighted by Gasteiger charge is 2.22. The van der Waals surface area contributed by atoms with Crippen LogP contribution in [0.25, 0.3) is 0 Å². The van der Waals surface area contributed by atoms with E-state index < -0.39 is 0 Å². The van der Waals surface area contributed by atoms with Crippen LogP contribution in [-0.2, 0) is 11.2 Å². The summed E-state index contributed by atoms with van der Waals surface area (Å²) >= 11 is 0. The van der Waals surface area contributed by atoms with E-state index in [2.05, 4.69) is 29.3 Å². The van der Waals surface area contributed by atoms with Gasteiger partial charge in [0.2, 0.25) is 0 Å². The van der Waals surface area contributed by atoms with E-state index in [1.165, 1.54) is 32.1 Å². The summed E-state index contributed by atoms with van der Waals surface area (Å²) in [5.41, 5.74) is 4.00. The molecule has 0 aliphatic heterocycles. The highest BCUT2D eigenvalue weighted by Crippen LogP contribution is 2.27. The van der Waals surface area contributed by atoms with Crippen LogP contribution in [0.2, 0.25) is 0 Å². The zero-order chi connectivity index (χ0) is 15.1. The van der Waals surface area contributed by atoms with E-state index in [-0.39, 0.29) is 12.1 Å². The van der Waals surface area contributed by atoms with E-state index in [0.717, 1.165) is 25.0 Å². The lowest BCUT2D eigenvalue weighted by Crippen LogP contribution is -2.46. The first-order valence-electron chi connectivity index (χ1n) is 8.31. The summed E-state index contributed by atoms with van der Waals surface area (Å²) in [7, 11) is 1.76. The third kappa shape index (κ3) is 4.53. The molecule has 0 spiro atoms. The Kier molecular flexibility index (Phi) is 6.67. The Labute approximate surface area is 128 Å². The van der Waals surface area contributed by atoms with Crippen molar-refractivity contribution < 1.29 is 4.74 Å². The van der Waals surface area contributed by atoms with E-state index in [4.69, 9.17) is 15.7 Å². The van der Waals surface area contributed by atoms with Gasteiger partial charge in [-0.15, -0.1) is 0 Å². The molecule has 1 aliphatic carbocycles. The van der Waals surface area contributed by atoms with Crippen LogP contribution in [0, 0.1) is 0 Å². The van der Waals surface area contributed by atoms with Crippen molar-refractivity contribution >= 4 is 0 Å². The van der Waals surface area contributed by atoms with Gasteiger partial charge in [-0.25, -0.2) is 0 Å². The standard InChI is InChI=1S/C16H30N4O/c1-3-7-16(21-2)15(18-17)12-13-10-11-20(19-13)14-8-5-4-6-9-14/h10-11,14-16,18H,3-9,12,17H2,1-2H3. The Balaban J connectivity index is 1.96. The number of hydrogen-bond acceptors (Lipinski definition) is 4. The van der Waals surface area contributed by atoms with E-state index in [0.29, 0.717) is 6.04 Å². The largest absolute Gasteiger partial charge is 0.380 e. The van der Waals surface area contributed by atoms with Gasteiger partial charge in [0.1, 0.15) is 0 Å². The minimum Gasteiger partial charge on any atom is -0.380 e. The maximum atomic E-state index is 5.71. The van der Waals surface area contributed by atoms with Gasteiger partial charge in [-0.05, 0) is 25.3 Å². The zero-order valence-electron chi connectivity index (χ0n) is 13.4. The normalized spacial score (nSPS) is 19.6. The van der Waals surface area contributed by atoms with Gasteiger partial charge in [-0.1, -0.05) is 32.6 Å². The second-order valence-electron chi connectivity index (χ2n) is 6.12. The molecule has 1 aromatic rings. The number of nitrogens with zero attached hydrogens (tertiary/aromatic N) is 2. The lowest BCUT2D eigenvalue weighted by Gasteiger charge is -2.24. The Morgan fingerprint density at radius 3 is 2.81 bits per heavy atom. The summed E-state index contributed by atoms with van der Waals surface area (Å²) in [6.45, 7) is 2.16. The topological polar surface area (TPSA) is 65.1 Å². The maximum Gasteiger partial charge on any atom is 0.0741 e. The molecular formula is C16H30N4O.